The molecule has 1 aromatic carbocycles. The topological polar surface area (TPSA) is 82.0 Å². The van der Waals surface area contributed by atoms with Crippen molar-refractivity contribution >= 4 is 22.7 Å². The SMILES string of the molecule is CC1(C)CC(=NOC(=O)c2cc3ccccc3oc2=O)c2ccoc2C1. The molecule has 0 saturated heterocycles. The summed E-state index contributed by atoms with van der Waals surface area (Å²) < 4.78 is 10.7. The summed E-state index contributed by atoms with van der Waals surface area (Å²) in [6, 6.07) is 10.2. The van der Waals surface area contributed by atoms with Crippen molar-refractivity contribution in [1.82, 2.24) is 0 Å². The van der Waals surface area contributed by atoms with Gasteiger partial charge in [0.05, 0.1) is 12.0 Å². The summed E-state index contributed by atoms with van der Waals surface area (Å²) in [7, 11) is 0. The average Bonchev–Trinajstić information content (AvgIpc) is 3.05. The van der Waals surface area contributed by atoms with Gasteiger partial charge in [-0.2, -0.15) is 0 Å². The minimum absolute atomic E-state index is 0.0575. The zero-order valence-electron chi connectivity index (χ0n) is 14.4. The van der Waals surface area contributed by atoms with Crippen molar-refractivity contribution in [3.05, 3.63) is 70.0 Å². The predicted octanol–water partition coefficient (Wildman–Crippen LogP) is 3.92. The molecule has 0 amide bonds. The molecule has 0 unspecified atom stereocenters. The second kappa shape index (κ2) is 5.98. The Kier molecular flexibility index (Phi) is 3.76. The lowest BCUT2D eigenvalue weighted by Gasteiger charge is -2.28. The van der Waals surface area contributed by atoms with Crippen molar-refractivity contribution in [2.75, 3.05) is 0 Å². The van der Waals surface area contributed by atoms with Gasteiger partial charge in [0.2, 0.25) is 0 Å². The van der Waals surface area contributed by atoms with Crippen LogP contribution in [0, 0.1) is 5.41 Å². The van der Waals surface area contributed by atoms with Gasteiger partial charge in [-0.3, -0.25) is 0 Å². The molecule has 0 bridgehead atoms. The standard InChI is InChI=1S/C20H17NO5/c1-20(2)10-15(13-7-8-24-17(13)11-20)21-26-19(23)14-9-12-5-3-4-6-16(12)25-18(14)22/h3-9H,10-11H2,1-2H3. The molecule has 26 heavy (non-hydrogen) atoms. The summed E-state index contributed by atoms with van der Waals surface area (Å²) in [5.41, 5.74) is 0.888. The normalized spacial score (nSPS) is 17.2. The summed E-state index contributed by atoms with van der Waals surface area (Å²) in [5.74, 6) is -0.0216. The van der Waals surface area contributed by atoms with Crippen LogP contribution in [0.2, 0.25) is 0 Å². The van der Waals surface area contributed by atoms with E-state index in [9.17, 15) is 9.59 Å². The number of para-hydroxylation sites is 1. The van der Waals surface area contributed by atoms with Gasteiger partial charge in [-0.15, -0.1) is 0 Å². The molecule has 3 aromatic rings. The van der Waals surface area contributed by atoms with Crippen LogP contribution in [0.5, 0.6) is 0 Å². The van der Waals surface area contributed by atoms with Crippen molar-refractivity contribution in [1.29, 1.82) is 0 Å². The monoisotopic (exact) mass is 351 g/mol. The fraction of sp³-hybridized carbons (Fsp3) is 0.250. The van der Waals surface area contributed by atoms with Crippen LogP contribution >= 0.6 is 0 Å². The highest BCUT2D eigenvalue weighted by molar-refractivity contribution is 6.03. The number of hydrogen-bond acceptors (Lipinski definition) is 6. The minimum atomic E-state index is -0.842. The van der Waals surface area contributed by atoms with Gasteiger partial charge in [-0.05, 0) is 30.0 Å². The summed E-state index contributed by atoms with van der Waals surface area (Å²) in [6.45, 7) is 4.18. The van der Waals surface area contributed by atoms with Crippen LogP contribution in [0.1, 0.15) is 41.9 Å². The van der Waals surface area contributed by atoms with Crippen LogP contribution in [0.3, 0.4) is 0 Å². The lowest BCUT2D eigenvalue weighted by atomic mass is 9.76. The van der Waals surface area contributed by atoms with Crippen molar-refractivity contribution in [2.24, 2.45) is 10.6 Å². The number of carbonyl (C=O) groups excluding carboxylic acids is 1. The van der Waals surface area contributed by atoms with Crippen LogP contribution in [-0.2, 0) is 11.3 Å². The third kappa shape index (κ3) is 2.94. The van der Waals surface area contributed by atoms with Gasteiger partial charge in [-0.1, -0.05) is 37.2 Å². The molecular formula is C20H17NO5. The van der Waals surface area contributed by atoms with E-state index in [1.54, 1.807) is 30.5 Å². The molecule has 1 aliphatic rings. The van der Waals surface area contributed by atoms with E-state index < -0.39 is 11.6 Å². The van der Waals surface area contributed by atoms with Gasteiger partial charge in [0.1, 0.15) is 16.9 Å². The number of hydrogen-bond donors (Lipinski definition) is 0. The van der Waals surface area contributed by atoms with Crippen molar-refractivity contribution in [3.8, 4) is 0 Å². The molecule has 0 N–H and O–H groups in total. The molecular weight excluding hydrogens is 334 g/mol. The molecule has 0 saturated carbocycles. The molecule has 0 radical (unpaired) electrons. The highest BCUT2D eigenvalue weighted by atomic mass is 16.7. The Morgan fingerprint density at radius 1 is 1.19 bits per heavy atom. The van der Waals surface area contributed by atoms with E-state index >= 15 is 0 Å². The molecule has 4 rings (SSSR count). The summed E-state index contributed by atoms with van der Waals surface area (Å²) in [5, 5.41) is 4.66. The Morgan fingerprint density at radius 3 is 2.85 bits per heavy atom. The molecule has 0 fully saturated rings. The predicted molar refractivity (Wildman–Crippen MR) is 95.2 cm³/mol. The first-order chi connectivity index (χ1) is 12.4. The van der Waals surface area contributed by atoms with Gasteiger partial charge >= 0.3 is 11.6 Å². The Hall–Kier alpha value is -3.15. The van der Waals surface area contributed by atoms with Crippen molar-refractivity contribution < 1.29 is 18.5 Å². The van der Waals surface area contributed by atoms with Crippen LogP contribution in [0.15, 0.2) is 61.4 Å². The fourth-order valence-corrected chi connectivity index (χ4v) is 3.21. The first kappa shape index (κ1) is 16.3. The average molecular weight is 351 g/mol. The summed E-state index contributed by atoms with van der Waals surface area (Å²) in [4.78, 5) is 29.5. The van der Waals surface area contributed by atoms with E-state index in [0.29, 0.717) is 23.1 Å². The highest BCUT2D eigenvalue weighted by Crippen LogP contribution is 2.35. The lowest BCUT2D eigenvalue weighted by molar-refractivity contribution is 0.0509. The number of benzene rings is 1. The summed E-state index contributed by atoms with van der Waals surface area (Å²) in [6.07, 6.45) is 3.02. The first-order valence-electron chi connectivity index (χ1n) is 8.31. The van der Waals surface area contributed by atoms with Gasteiger partial charge in [-0.25, -0.2) is 9.59 Å². The molecule has 2 heterocycles. The third-order valence-corrected chi connectivity index (χ3v) is 4.44. The number of rotatable bonds is 2. The third-order valence-electron chi connectivity index (χ3n) is 4.44. The van der Waals surface area contributed by atoms with Gasteiger partial charge < -0.3 is 13.7 Å². The summed E-state index contributed by atoms with van der Waals surface area (Å²) >= 11 is 0. The number of oxime groups is 1. The van der Waals surface area contributed by atoms with Crippen LogP contribution in [-0.4, -0.2) is 11.7 Å². The molecule has 2 aromatic heterocycles. The van der Waals surface area contributed by atoms with E-state index in [2.05, 4.69) is 19.0 Å². The number of fused-ring (bicyclic) bond motifs is 2. The zero-order valence-corrected chi connectivity index (χ0v) is 14.4. The smallest absolute Gasteiger partial charge is 0.373 e. The van der Waals surface area contributed by atoms with Gasteiger partial charge in [0.15, 0.2) is 0 Å². The van der Waals surface area contributed by atoms with Crippen LogP contribution < -0.4 is 5.63 Å². The molecule has 132 valence electrons. The second-order valence-electron chi connectivity index (χ2n) is 7.18. The van der Waals surface area contributed by atoms with Crippen molar-refractivity contribution in [2.45, 2.75) is 26.7 Å². The second-order valence-corrected chi connectivity index (χ2v) is 7.18. The van der Waals surface area contributed by atoms with Crippen LogP contribution in [0.25, 0.3) is 11.0 Å². The van der Waals surface area contributed by atoms with Gasteiger partial charge in [0.25, 0.3) is 0 Å². The molecule has 6 nitrogen and oxygen atoms in total. The molecule has 1 aliphatic carbocycles. The van der Waals surface area contributed by atoms with Crippen molar-refractivity contribution in [3.63, 3.8) is 0 Å². The maximum atomic E-state index is 12.4. The Balaban J connectivity index is 1.64. The maximum absolute atomic E-state index is 12.4. The van der Waals surface area contributed by atoms with E-state index in [4.69, 9.17) is 13.7 Å². The molecule has 0 aliphatic heterocycles. The number of furan rings is 1. The number of nitrogens with zero attached hydrogens (tertiary/aromatic N) is 1. The Bertz CT molecular complexity index is 1090. The van der Waals surface area contributed by atoms with E-state index in [0.717, 1.165) is 17.7 Å². The quantitative estimate of drug-likeness (QED) is 0.397. The Labute approximate surface area is 149 Å². The molecule has 0 atom stereocenters. The fourth-order valence-electron chi connectivity index (χ4n) is 3.21. The maximum Gasteiger partial charge on any atom is 0.373 e. The molecule has 6 heteroatoms. The van der Waals surface area contributed by atoms with E-state index in [1.807, 2.05) is 6.07 Å². The lowest BCUT2D eigenvalue weighted by Crippen LogP contribution is -2.27. The first-order valence-corrected chi connectivity index (χ1v) is 8.31. The Morgan fingerprint density at radius 2 is 2.00 bits per heavy atom. The zero-order chi connectivity index (χ0) is 18.3. The van der Waals surface area contributed by atoms with Crippen LogP contribution in [0.4, 0.5) is 0 Å². The highest BCUT2D eigenvalue weighted by Gasteiger charge is 2.32. The van der Waals surface area contributed by atoms with E-state index in [1.165, 1.54) is 6.07 Å². The van der Waals surface area contributed by atoms with Gasteiger partial charge in [0, 0.05) is 17.4 Å². The molecule has 0 spiro atoms. The minimum Gasteiger partial charge on any atom is -0.469 e. The largest absolute Gasteiger partial charge is 0.469 e. The number of carbonyl (C=O) groups is 1. The van der Waals surface area contributed by atoms with E-state index in [-0.39, 0.29) is 11.0 Å².